The summed E-state index contributed by atoms with van der Waals surface area (Å²) in [6.45, 7) is -2.60. The maximum Gasteiger partial charge on any atom is 0.342 e. The van der Waals surface area contributed by atoms with Crippen LogP contribution in [0.2, 0.25) is 0 Å². The summed E-state index contributed by atoms with van der Waals surface area (Å²) in [4.78, 5) is 99.3. The molecular weight excluding hydrogens is 1370 g/mol. The number of hydrogen-bond acceptors (Lipinski definition) is 40. The summed E-state index contributed by atoms with van der Waals surface area (Å²) in [6, 6.07) is 3.75. The van der Waals surface area contributed by atoms with Gasteiger partial charge in [-0.1, -0.05) is 0 Å². The quantitative estimate of drug-likeness (QED) is 0.0568. The second kappa shape index (κ2) is 25.5. The maximum atomic E-state index is 14.6. The number of carbonyl (C=O) groups excluding carboxylic acids is 7. The van der Waals surface area contributed by atoms with Gasteiger partial charge in [0.2, 0.25) is 34.5 Å². The van der Waals surface area contributed by atoms with Crippen LogP contribution in [0, 0.1) is 0 Å². The monoisotopic (exact) mass is 1420 g/mol. The van der Waals surface area contributed by atoms with Crippen LogP contribution in [-0.4, -0.2) is 234 Å². The molecule has 10 atom stereocenters. The average molecular weight is 1420 g/mol. The Morgan fingerprint density at radius 3 is 1.11 bits per heavy atom. The van der Waals surface area contributed by atoms with Crippen molar-refractivity contribution in [3.8, 4) is 149 Å². The van der Waals surface area contributed by atoms with Gasteiger partial charge < -0.3 is 165 Å². The molecule has 40 heteroatoms. The third-order valence-corrected chi connectivity index (χ3v) is 15.9. The highest BCUT2D eigenvalue weighted by molar-refractivity contribution is 6.10. The Labute approximate surface area is 555 Å². The Kier molecular flexibility index (Phi) is 17.3. The maximum absolute atomic E-state index is 14.6. The molecule has 2 fully saturated rings. The van der Waals surface area contributed by atoms with Crippen molar-refractivity contribution < 1.29 is 198 Å². The SMILES string of the molecule is O=C(O[C@@H]1[C@@H](O)[C@@H](O)O[C@@H]2COC(=O)c3cc(Oc4cc(C(=O)O[C@H]5C(O)O[C@@H]6COC(=O)c7cc(O)c(O)c(O)c7-c7c(cc(O)c(O)c7O)C(=O)O[C@H]6[C@@H]5OC(=O)c5cc(O)c(O)c(O)c5)c(O)c(O)c4O)c(O)c(O)c3-c3c(cc(O)c(O)c3O)C(=O)O[C@@H]12)c1cc(O)c(O)c(O)c1. The molecule has 23 N–H and O–H groups in total. The topological polar surface area (TPSA) is 677 Å². The summed E-state index contributed by atoms with van der Waals surface area (Å²) in [6.07, 6.45) is -24.6. The van der Waals surface area contributed by atoms with Crippen LogP contribution in [0.1, 0.15) is 72.5 Å². The van der Waals surface area contributed by atoms with E-state index in [0.717, 1.165) is 0 Å². The van der Waals surface area contributed by atoms with E-state index in [1.165, 1.54) is 0 Å². The number of benzene rings is 7. The lowest BCUT2D eigenvalue weighted by molar-refractivity contribution is -0.285. The number of hydrogen-bond donors (Lipinski definition) is 23. The molecule has 0 bridgehead atoms. The van der Waals surface area contributed by atoms with Crippen molar-refractivity contribution in [1.82, 2.24) is 0 Å². The first kappa shape index (κ1) is 68.8. The number of rotatable bonds is 8. The van der Waals surface area contributed by atoms with Crippen molar-refractivity contribution in [3.05, 3.63) is 93.5 Å². The third kappa shape index (κ3) is 11.8. The van der Waals surface area contributed by atoms with Crippen molar-refractivity contribution in [2.45, 2.75) is 61.4 Å². The molecule has 0 radical (unpaired) electrons. The smallest absolute Gasteiger partial charge is 0.342 e. The van der Waals surface area contributed by atoms with Gasteiger partial charge in [-0.3, -0.25) is 0 Å². The van der Waals surface area contributed by atoms with E-state index in [1.807, 2.05) is 0 Å². The highest BCUT2D eigenvalue weighted by Gasteiger charge is 2.55. The molecule has 0 spiro atoms. The summed E-state index contributed by atoms with van der Waals surface area (Å²) in [5, 5.41) is 249. The minimum absolute atomic E-state index is 0.231. The predicted octanol–water partition coefficient (Wildman–Crippen LogP) is 0.789. The highest BCUT2D eigenvalue weighted by atomic mass is 16.7. The number of phenolic OH excluding ortho intramolecular Hbond substituents is 20. The fraction of sp³-hybridized carbons (Fsp3) is 0.197. The van der Waals surface area contributed by atoms with Crippen molar-refractivity contribution in [2.24, 2.45) is 0 Å². The Balaban J connectivity index is 0.970. The summed E-state index contributed by atoms with van der Waals surface area (Å²) in [7, 11) is 0. The highest BCUT2D eigenvalue weighted by Crippen LogP contribution is 2.57. The Morgan fingerprint density at radius 2 is 0.673 bits per heavy atom. The molecule has 0 saturated carbocycles. The minimum atomic E-state index is -2.80. The number of esters is 7. The van der Waals surface area contributed by atoms with E-state index in [0.29, 0.717) is 48.5 Å². The van der Waals surface area contributed by atoms with Gasteiger partial charge >= 0.3 is 41.8 Å². The second-order valence-electron chi connectivity index (χ2n) is 22.0. The fourth-order valence-corrected chi connectivity index (χ4v) is 10.9. The molecule has 2 saturated heterocycles. The van der Waals surface area contributed by atoms with Gasteiger partial charge in [0.15, 0.2) is 135 Å². The van der Waals surface area contributed by atoms with Crippen molar-refractivity contribution in [2.75, 3.05) is 13.2 Å². The van der Waals surface area contributed by atoms with Crippen LogP contribution in [0.4, 0.5) is 0 Å². The number of aliphatic hydroxyl groups excluding tert-OH is 3. The van der Waals surface area contributed by atoms with E-state index < -0.39 is 304 Å². The normalized spacial score (nSPS) is 21.8. The number of phenols is 20. The van der Waals surface area contributed by atoms with Crippen LogP contribution < -0.4 is 4.74 Å². The number of aromatic hydroxyl groups is 20. The van der Waals surface area contributed by atoms with Crippen LogP contribution in [0.15, 0.2) is 54.6 Å². The van der Waals surface area contributed by atoms with Crippen molar-refractivity contribution in [1.29, 1.82) is 0 Å². The van der Waals surface area contributed by atoms with Gasteiger partial charge in [-0.25, -0.2) is 33.6 Å². The van der Waals surface area contributed by atoms with Gasteiger partial charge in [0.1, 0.15) is 37.1 Å². The summed E-state index contributed by atoms with van der Waals surface area (Å²) in [5.41, 5.74) is -12.5. The lowest BCUT2D eigenvalue weighted by Crippen LogP contribution is -2.62. The first-order chi connectivity index (χ1) is 47.5. The molecule has 0 amide bonds. The first-order valence-corrected chi connectivity index (χ1v) is 28.1. The largest absolute Gasteiger partial charge is 0.504 e. The zero-order valence-corrected chi connectivity index (χ0v) is 49.6. The lowest BCUT2D eigenvalue weighted by Gasteiger charge is -2.42. The lowest BCUT2D eigenvalue weighted by atomic mass is 9.91. The van der Waals surface area contributed by atoms with Gasteiger partial charge in [-0.2, -0.15) is 0 Å². The number of fused-ring (bicyclic) bond motifs is 8. The van der Waals surface area contributed by atoms with Crippen LogP contribution in [0.25, 0.3) is 22.3 Å². The molecule has 0 aliphatic carbocycles. The first-order valence-electron chi connectivity index (χ1n) is 28.1. The molecule has 7 aromatic rings. The Bertz CT molecular complexity index is 4680. The van der Waals surface area contributed by atoms with Crippen LogP contribution in [0.3, 0.4) is 0 Å². The summed E-state index contributed by atoms with van der Waals surface area (Å²) in [5.74, 6) is -43.5. The molecule has 4 heterocycles. The third-order valence-electron chi connectivity index (χ3n) is 15.9. The standard InChI is InChI=1S/C61H46O40/c62-19-1-12(2-20(63)35(19)70)53(83)99-50-47(82)60(90)95-28-10-93-56(86)17-8-26(40(75)45(80)33(17)32-16(57(87)97-48(28)50)7-25(68)39(74)44(32)79)94-27-9-18(34(69)46(81)41(27)76)59(89)101-52-51(100-54(84)13-3-21(64)36(71)22(65)4-13)49-29(96-61(52)91)11-92-55(85)14-5-23(66)37(72)42(77)30(14)31-15(58(88)98-49)6-24(67)38(73)43(31)78/h1-9,28-29,47-52,60-82,90-91H,10-11H2/t28-,29-,47-,48-,49-,50-,51+,52-,60+,61?/m1/s1. The number of aliphatic hydroxyl groups is 3. The number of cyclic esters (lactones) is 2. The van der Waals surface area contributed by atoms with Gasteiger partial charge in [0, 0.05) is 34.4 Å². The van der Waals surface area contributed by atoms with E-state index in [4.69, 9.17) is 47.4 Å². The molecular formula is C61H46O40. The molecule has 530 valence electrons. The van der Waals surface area contributed by atoms with Crippen LogP contribution in [0.5, 0.6) is 126 Å². The molecule has 7 aromatic carbocycles. The molecule has 4 aliphatic heterocycles. The van der Waals surface area contributed by atoms with E-state index in [1.54, 1.807) is 0 Å². The number of carbonyl (C=O) groups is 7. The Morgan fingerprint density at radius 1 is 0.337 bits per heavy atom. The van der Waals surface area contributed by atoms with Gasteiger partial charge in [0.25, 0.3) is 0 Å². The zero-order chi connectivity index (χ0) is 73.7. The van der Waals surface area contributed by atoms with E-state index >= 15 is 0 Å². The molecule has 1 unspecified atom stereocenters. The van der Waals surface area contributed by atoms with Gasteiger partial charge in [-0.15, -0.1) is 0 Å². The molecule has 4 aliphatic rings. The van der Waals surface area contributed by atoms with Gasteiger partial charge in [-0.05, 0) is 42.5 Å². The zero-order valence-electron chi connectivity index (χ0n) is 49.6. The van der Waals surface area contributed by atoms with E-state index in [-0.39, 0.29) is 6.07 Å². The van der Waals surface area contributed by atoms with E-state index in [2.05, 4.69) is 0 Å². The molecule has 0 aromatic heterocycles. The van der Waals surface area contributed by atoms with Crippen LogP contribution in [-0.2, 0) is 42.6 Å². The van der Waals surface area contributed by atoms with E-state index in [9.17, 15) is 151 Å². The number of ether oxygens (including phenoxy) is 10. The molecule has 101 heavy (non-hydrogen) atoms. The summed E-state index contributed by atoms with van der Waals surface area (Å²) < 4.78 is 54.6. The fourth-order valence-electron chi connectivity index (χ4n) is 10.9. The molecule has 40 nitrogen and oxygen atoms in total. The second-order valence-corrected chi connectivity index (χ2v) is 22.0. The minimum Gasteiger partial charge on any atom is -0.504 e. The van der Waals surface area contributed by atoms with Crippen molar-refractivity contribution >= 4 is 41.8 Å². The molecule has 11 rings (SSSR count). The average Bonchev–Trinajstić information content (AvgIpc) is 1.60. The Hall–Kier alpha value is -13.6. The van der Waals surface area contributed by atoms with Gasteiger partial charge in [0.05, 0.1) is 33.4 Å². The van der Waals surface area contributed by atoms with Crippen molar-refractivity contribution in [3.63, 3.8) is 0 Å². The summed E-state index contributed by atoms with van der Waals surface area (Å²) >= 11 is 0. The predicted molar refractivity (Wildman–Crippen MR) is 311 cm³/mol. The van der Waals surface area contributed by atoms with Crippen LogP contribution >= 0.6 is 0 Å².